The topological polar surface area (TPSA) is 37.4 Å². The largest absolute Gasteiger partial charge is 0.339 e. The average Bonchev–Trinajstić information content (AvgIpc) is 2.82. The molecule has 1 aliphatic carbocycles. The number of rotatable bonds is 5. The Labute approximate surface area is 123 Å². The number of carbonyl (C=O) groups is 2. The van der Waals surface area contributed by atoms with Crippen molar-refractivity contribution in [3.63, 3.8) is 0 Å². The molecule has 2 rings (SSSR count). The Morgan fingerprint density at radius 3 is 2.40 bits per heavy atom. The molecule has 1 amide bonds. The summed E-state index contributed by atoms with van der Waals surface area (Å²) in [5, 5.41) is 0. The van der Waals surface area contributed by atoms with Gasteiger partial charge in [0.1, 0.15) is 5.78 Å². The van der Waals surface area contributed by atoms with Crippen LogP contribution in [0.3, 0.4) is 0 Å². The van der Waals surface area contributed by atoms with Gasteiger partial charge in [0.2, 0.25) is 5.91 Å². The standard InChI is InChI=1S/C17H29NO2/c1-14(19)13-16-9-3-2-6-12-18(16)17(20)11-10-15-7-4-5-8-15/h15-16H,2-13H2,1H3. The highest BCUT2D eigenvalue weighted by Gasteiger charge is 2.27. The molecule has 1 saturated heterocycles. The summed E-state index contributed by atoms with van der Waals surface area (Å²) < 4.78 is 0. The van der Waals surface area contributed by atoms with Crippen LogP contribution in [0, 0.1) is 5.92 Å². The third-order valence-electron chi connectivity index (χ3n) is 4.96. The Bertz CT molecular complexity index is 334. The first-order valence-electron chi connectivity index (χ1n) is 8.45. The van der Waals surface area contributed by atoms with Crippen molar-refractivity contribution in [3.05, 3.63) is 0 Å². The lowest BCUT2D eigenvalue weighted by Crippen LogP contribution is -2.41. The van der Waals surface area contributed by atoms with Gasteiger partial charge in [-0.25, -0.2) is 0 Å². The summed E-state index contributed by atoms with van der Waals surface area (Å²) in [5.41, 5.74) is 0. The van der Waals surface area contributed by atoms with Crippen LogP contribution in [-0.4, -0.2) is 29.2 Å². The molecule has 0 radical (unpaired) electrons. The van der Waals surface area contributed by atoms with Crippen molar-refractivity contribution in [2.24, 2.45) is 5.92 Å². The Morgan fingerprint density at radius 2 is 1.70 bits per heavy atom. The molecule has 2 fully saturated rings. The van der Waals surface area contributed by atoms with E-state index in [0.29, 0.717) is 18.7 Å². The lowest BCUT2D eigenvalue weighted by atomic mass is 10.00. The van der Waals surface area contributed by atoms with Crippen molar-refractivity contribution in [3.8, 4) is 0 Å². The van der Waals surface area contributed by atoms with Gasteiger partial charge in [-0.2, -0.15) is 0 Å². The molecule has 1 heterocycles. The third-order valence-corrected chi connectivity index (χ3v) is 4.96. The number of ketones is 1. The quantitative estimate of drug-likeness (QED) is 0.769. The van der Waals surface area contributed by atoms with E-state index >= 15 is 0 Å². The maximum atomic E-state index is 12.5. The van der Waals surface area contributed by atoms with Crippen LogP contribution in [-0.2, 0) is 9.59 Å². The highest BCUT2D eigenvalue weighted by molar-refractivity contribution is 5.79. The lowest BCUT2D eigenvalue weighted by molar-refractivity contribution is -0.134. The van der Waals surface area contributed by atoms with Gasteiger partial charge in [-0.15, -0.1) is 0 Å². The first-order chi connectivity index (χ1) is 9.66. The van der Waals surface area contributed by atoms with Crippen molar-refractivity contribution in [2.45, 2.75) is 83.6 Å². The predicted molar refractivity (Wildman–Crippen MR) is 80.5 cm³/mol. The highest BCUT2D eigenvalue weighted by atomic mass is 16.2. The van der Waals surface area contributed by atoms with Gasteiger partial charge in [-0.1, -0.05) is 38.5 Å². The number of likely N-dealkylation sites (tertiary alicyclic amines) is 1. The van der Waals surface area contributed by atoms with Crippen LogP contribution in [0.25, 0.3) is 0 Å². The molecule has 0 spiro atoms. The van der Waals surface area contributed by atoms with Crippen molar-refractivity contribution < 1.29 is 9.59 Å². The zero-order valence-corrected chi connectivity index (χ0v) is 12.9. The minimum Gasteiger partial charge on any atom is -0.339 e. The van der Waals surface area contributed by atoms with Crippen LogP contribution in [0.15, 0.2) is 0 Å². The van der Waals surface area contributed by atoms with E-state index in [1.165, 1.54) is 32.1 Å². The number of carbonyl (C=O) groups excluding carboxylic acids is 2. The molecule has 3 heteroatoms. The zero-order chi connectivity index (χ0) is 14.4. The first-order valence-corrected chi connectivity index (χ1v) is 8.45. The minimum atomic E-state index is 0.172. The van der Waals surface area contributed by atoms with Crippen LogP contribution in [0.1, 0.15) is 77.6 Å². The van der Waals surface area contributed by atoms with E-state index in [1.54, 1.807) is 6.92 Å². The van der Waals surface area contributed by atoms with Gasteiger partial charge >= 0.3 is 0 Å². The first kappa shape index (κ1) is 15.5. The van der Waals surface area contributed by atoms with Crippen molar-refractivity contribution >= 4 is 11.7 Å². The van der Waals surface area contributed by atoms with E-state index in [0.717, 1.165) is 38.1 Å². The molecular formula is C17H29NO2. The van der Waals surface area contributed by atoms with Gasteiger partial charge in [-0.05, 0) is 32.1 Å². The summed E-state index contributed by atoms with van der Waals surface area (Å²) in [4.78, 5) is 26.0. The number of hydrogen-bond donors (Lipinski definition) is 0. The number of hydrogen-bond acceptors (Lipinski definition) is 2. The molecule has 0 N–H and O–H groups in total. The summed E-state index contributed by atoms with van der Waals surface area (Å²) >= 11 is 0. The predicted octanol–water partition coefficient (Wildman–Crippen LogP) is 3.71. The maximum absolute atomic E-state index is 12.5. The van der Waals surface area contributed by atoms with E-state index in [4.69, 9.17) is 0 Å². The van der Waals surface area contributed by atoms with Gasteiger partial charge in [0.25, 0.3) is 0 Å². The molecular weight excluding hydrogens is 250 g/mol. The molecule has 0 aromatic rings. The second kappa shape index (κ2) is 7.80. The van der Waals surface area contributed by atoms with E-state index in [2.05, 4.69) is 0 Å². The van der Waals surface area contributed by atoms with Gasteiger partial charge in [0, 0.05) is 25.4 Å². The van der Waals surface area contributed by atoms with E-state index < -0.39 is 0 Å². The molecule has 1 unspecified atom stereocenters. The van der Waals surface area contributed by atoms with Crippen molar-refractivity contribution in [1.29, 1.82) is 0 Å². The normalized spacial score (nSPS) is 24.6. The Kier molecular flexibility index (Phi) is 6.06. The van der Waals surface area contributed by atoms with Crippen molar-refractivity contribution in [1.82, 2.24) is 4.90 Å². The number of Topliss-reactive ketones (excluding diaryl/α,β-unsaturated/α-hetero) is 1. The molecule has 1 saturated carbocycles. The van der Waals surface area contributed by atoms with Crippen LogP contribution >= 0.6 is 0 Å². The average molecular weight is 279 g/mol. The van der Waals surface area contributed by atoms with Crippen molar-refractivity contribution in [2.75, 3.05) is 6.54 Å². The molecule has 1 aliphatic heterocycles. The fraction of sp³-hybridized carbons (Fsp3) is 0.882. The Balaban J connectivity index is 1.87. The molecule has 1 atom stereocenters. The molecule has 3 nitrogen and oxygen atoms in total. The smallest absolute Gasteiger partial charge is 0.222 e. The monoisotopic (exact) mass is 279 g/mol. The molecule has 0 aromatic heterocycles. The van der Waals surface area contributed by atoms with Crippen LogP contribution < -0.4 is 0 Å². The Morgan fingerprint density at radius 1 is 1.00 bits per heavy atom. The van der Waals surface area contributed by atoms with E-state index in [9.17, 15) is 9.59 Å². The SMILES string of the molecule is CC(=O)CC1CCCCCN1C(=O)CCC1CCCC1. The fourth-order valence-electron chi connectivity index (χ4n) is 3.82. The number of nitrogens with zero attached hydrogens (tertiary/aromatic N) is 1. The maximum Gasteiger partial charge on any atom is 0.222 e. The van der Waals surface area contributed by atoms with Crippen LogP contribution in [0.2, 0.25) is 0 Å². The summed E-state index contributed by atoms with van der Waals surface area (Å²) in [5.74, 6) is 1.28. The van der Waals surface area contributed by atoms with Crippen LogP contribution in [0.5, 0.6) is 0 Å². The summed E-state index contributed by atoms with van der Waals surface area (Å²) in [7, 11) is 0. The third kappa shape index (κ3) is 4.60. The summed E-state index contributed by atoms with van der Waals surface area (Å²) in [6.45, 7) is 2.51. The van der Waals surface area contributed by atoms with Crippen LogP contribution in [0.4, 0.5) is 0 Å². The molecule has 114 valence electrons. The van der Waals surface area contributed by atoms with E-state index in [1.807, 2.05) is 4.90 Å². The molecule has 2 aliphatic rings. The molecule has 0 aromatic carbocycles. The van der Waals surface area contributed by atoms with Gasteiger partial charge in [0.05, 0.1) is 0 Å². The highest BCUT2D eigenvalue weighted by Crippen LogP contribution is 2.29. The summed E-state index contributed by atoms with van der Waals surface area (Å²) in [6.07, 6.45) is 12.1. The van der Waals surface area contributed by atoms with Gasteiger partial charge in [0.15, 0.2) is 0 Å². The molecule has 20 heavy (non-hydrogen) atoms. The summed E-state index contributed by atoms with van der Waals surface area (Å²) in [6, 6.07) is 0.172. The number of amides is 1. The van der Waals surface area contributed by atoms with Gasteiger partial charge < -0.3 is 4.90 Å². The van der Waals surface area contributed by atoms with E-state index in [-0.39, 0.29) is 11.8 Å². The molecule has 0 bridgehead atoms. The Hall–Kier alpha value is -0.860. The zero-order valence-electron chi connectivity index (χ0n) is 12.9. The fourth-order valence-corrected chi connectivity index (χ4v) is 3.82. The minimum absolute atomic E-state index is 0.172. The van der Waals surface area contributed by atoms with Gasteiger partial charge in [-0.3, -0.25) is 9.59 Å². The second-order valence-electron chi connectivity index (χ2n) is 6.69. The lowest BCUT2D eigenvalue weighted by Gasteiger charge is -2.30. The second-order valence-corrected chi connectivity index (χ2v) is 6.69.